The first-order valence-corrected chi connectivity index (χ1v) is 13.6. The Hall–Kier alpha value is -5.03. The van der Waals surface area contributed by atoms with Gasteiger partial charge in [-0.1, -0.05) is 6.92 Å². The van der Waals surface area contributed by atoms with Gasteiger partial charge in [0.15, 0.2) is 17.7 Å². The molecule has 1 saturated heterocycles. The van der Waals surface area contributed by atoms with Crippen LogP contribution in [-0.4, -0.2) is 79.2 Å². The highest BCUT2D eigenvalue weighted by atomic mass is 19.4. The van der Waals surface area contributed by atoms with Gasteiger partial charge in [0.1, 0.15) is 5.69 Å². The van der Waals surface area contributed by atoms with E-state index in [1.54, 1.807) is 23.1 Å². The minimum absolute atomic E-state index is 0.152. The van der Waals surface area contributed by atoms with E-state index in [-0.39, 0.29) is 29.4 Å². The molecule has 0 saturated carbocycles. The number of aryl methyl sites for hydroxylation is 1. The SMILES string of the molecule is CCc1cc(Nc2nccn3c(-c4cn[nH]c4C(F)(F)F)cnc23)ccc1C(=O)NCCN1CC[C@H](N)C1OC(=O)C(N)=O. The Labute approximate surface area is 248 Å². The van der Waals surface area contributed by atoms with Crippen LogP contribution in [-0.2, 0) is 26.9 Å². The summed E-state index contributed by atoms with van der Waals surface area (Å²) >= 11 is 0. The van der Waals surface area contributed by atoms with Gasteiger partial charge in [0.05, 0.1) is 29.7 Å². The van der Waals surface area contributed by atoms with Crippen molar-refractivity contribution in [2.75, 3.05) is 25.0 Å². The number of anilines is 2. The maximum absolute atomic E-state index is 13.4. The predicted molar refractivity (Wildman–Crippen MR) is 150 cm³/mol. The highest BCUT2D eigenvalue weighted by Gasteiger charge is 2.37. The largest absolute Gasteiger partial charge is 0.438 e. The van der Waals surface area contributed by atoms with E-state index in [9.17, 15) is 27.6 Å². The first-order valence-electron chi connectivity index (χ1n) is 13.6. The predicted octanol–water partition coefficient (Wildman–Crippen LogP) is 1.56. The van der Waals surface area contributed by atoms with E-state index < -0.39 is 36.0 Å². The van der Waals surface area contributed by atoms with Crippen LogP contribution in [0.3, 0.4) is 0 Å². The second-order valence-corrected chi connectivity index (χ2v) is 10.0. The van der Waals surface area contributed by atoms with Crippen molar-refractivity contribution in [3.8, 4) is 11.3 Å². The standard InChI is InChI=1S/C27H29F3N10O4/c1-2-14-11-15(3-4-16(14)24(42)34-6-9-39-8-5-18(31)25(39)44-26(43)21(32)41)37-22-23-35-13-19(40(23)10-7-33-22)17-12-36-38-20(17)27(28,29)30/h3-4,7,10-13,18,25H,2,5-6,8-9,31H2,1H3,(H2,32,41)(H,33,37)(H,34,42)(H,36,38)/t18-,25?/m0/s1. The summed E-state index contributed by atoms with van der Waals surface area (Å²) in [5, 5.41) is 11.5. The number of fused-ring (bicyclic) bond motifs is 1. The second-order valence-electron chi connectivity index (χ2n) is 10.0. The molecule has 0 bridgehead atoms. The number of esters is 1. The highest BCUT2D eigenvalue weighted by Crippen LogP contribution is 2.36. The molecule has 1 fully saturated rings. The molecule has 14 nitrogen and oxygen atoms in total. The molecule has 1 aliphatic heterocycles. The van der Waals surface area contributed by atoms with Gasteiger partial charge in [-0.2, -0.15) is 18.3 Å². The van der Waals surface area contributed by atoms with Crippen molar-refractivity contribution < 1.29 is 32.3 Å². The number of hydrogen-bond acceptors (Lipinski definition) is 10. The molecular weight excluding hydrogens is 585 g/mol. The Bertz CT molecular complexity index is 1700. The number of carbonyl (C=O) groups excluding carboxylic acids is 3. The maximum atomic E-state index is 13.4. The van der Waals surface area contributed by atoms with Crippen molar-refractivity contribution in [2.24, 2.45) is 11.5 Å². The number of carbonyl (C=O) groups is 3. The molecule has 0 aliphatic carbocycles. The first kappa shape index (κ1) is 30.4. The number of nitrogens with zero attached hydrogens (tertiary/aromatic N) is 5. The molecule has 4 aromatic rings. The third-order valence-corrected chi connectivity index (χ3v) is 7.21. The molecule has 4 heterocycles. The lowest BCUT2D eigenvalue weighted by atomic mass is 10.0. The molecule has 1 aliphatic rings. The van der Waals surface area contributed by atoms with Gasteiger partial charge in [-0.25, -0.2) is 14.8 Å². The van der Waals surface area contributed by atoms with Crippen molar-refractivity contribution >= 4 is 34.9 Å². The molecule has 5 rings (SSSR count). The number of likely N-dealkylation sites (tertiary alicyclic amines) is 1. The summed E-state index contributed by atoms with van der Waals surface area (Å²) in [6.45, 7) is 2.95. The zero-order valence-corrected chi connectivity index (χ0v) is 23.4. The number of imidazole rings is 1. The molecule has 1 unspecified atom stereocenters. The average molecular weight is 615 g/mol. The van der Waals surface area contributed by atoms with E-state index in [1.807, 2.05) is 12.0 Å². The average Bonchev–Trinajstić information content (AvgIpc) is 3.72. The maximum Gasteiger partial charge on any atom is 0.433 e. The van der Waals surface area contributed by atoms with Gasteiger partial charge >= 0.3 is 18.1 Å². The van der Waals surface area contributed by atoms with E-state index in [0.29, 0.717) is 43.0 Å². The number of ether oxygens (including phenoxy) is 1. The fraction of sp³-hybridized carbons (Fsp3) is 0.333. The van der Waals surface area contributed by atoms with Crippen LogP contribution in [0.4, 0.5) is 24.7 Å². The molecule has 1 aromatic carbocycles. The van der Waals surface area contributed by atoms with Crippen LogP contribution in [0.15, 0.2) is 43.0 Å². The Kier molecular flexibility index (Phi) is 8.50. The minimum Gasteiger partial charge on any atom is -0.438 e. The van der Waals surface area contributed by atoms with E-state index in [1.165, 1.54) is 23.0 Å². The number of rotatable bonds is 9. The lowest BCUT2D eigenvalue weighted by molar-refractivity contribution is -0.164. The molecule has 7 N–H and O–H groups in total. The number of benzene rings is 1. The smallest absolute Gasteiger partial charge is 0.433 e. The summed E-state index contributed by atoms with van der Waals surface area (Å²) in [5.74, 6) is -2.40. The monoisotopic (exact) mass is 614 g/mol. The zero-order valence-electron chi connectivity index (χ0n) is 23.4. The fourth-order valence-corrected chi connectivity index (χ4v) is 5.06. The molecule has 44 heavy (non-hydrogen) atoms. The number of halogens is 3. The van der Waals surface area contributed by atoms with Gasteiger partial charge in [-0.15, -0.1) is 0 Å². The van der Waals surface area contributed by atoms with Crippen LogP contribution in [0.25, 0.3) is 16.9 Å². The van der Waals surface area contributed by atoms with Crippen molar-refractivity contribution in [1.82, 2.24) is 34.8 Å². The van der Waals surface area contributed by atoms with Crippen molar-refractivity contribution in [3.63, 3.8) is 0 Å². The van der Waals surface area contributed by atoms with E-state index in [4.69, 9.17) is 16.2 Å². The summed E-state index contributed by atoms with van der Waals surface area (Å²) in [7, 11) is 0. The van der Waals surface area contributed by atoms with Gasteiger partial charge in [0.2, 0.25) is 0 Å². The molecule has 2 amide bonds. The molecular formula is C27H29F3N10O4. The second kappa shape index (κ2) is 12.3. The zero-order chi connectivity index (χ0) is 31.6. The van der Waals surface area contributed by atoms with Gasteiger partial charge in [0, 0.05) is 43.3 Å². The fourth-order valence-electron chi connectivity index (χ4n) is 5.06. The number of alkyl halides is 3. The van der Waals surface area contributed by atoms with E-state index in [0.717, 1.165) is 11.8 Å². The Morgan fingerprint density at radius 1 is 1.20 bits per heavy atom. The lowest BCUT2D eigenvalue weighted by Gasteiger charge is -2.26. The van der Waals surface area contributed by atoms with Crippen molar-refractivity contribution in [2.45, 2.75) is 38.2 Å². The molecule has 17 heteroatoms. The minimum atomic E-state index is -4.63. The summed E-state index contributed by atoms with van der Waals surface area (Å²) in [4.78, 5) is 46.1. The number of aromatic nitrogens is 5. The highest BCUT2D eigenvalue weighted by molar-refractivity contribution is 6.31. The molecule has 3 aromatic heterocycles. The van der Waals surface area contributed by atoms with Crippen LogP contribution in [0, 0.1) is 0 Å². The van der Waals surface area contributed by atoms with Gasteiger partial charge in [-0.3, -0.25) is 24.0 Å². The van der Waals surface area contributed by atoms with Crippen LogP contribution in [0.5, 0.6) is 0 Å². The number of nitrogens with one attached hydrogen (secondary N) is 3. The number of H-pyrrole nitrogens is 1. The molecule has 2 atom stereocenters. The van der Waals surface area contributed by atoms with Gasteiger partial charge in [-0.05, 0) is 36.6 Å². The number of amides is 2. The number of aromatic amines is 1. The number of nitrogens with two attached hydrogens (primary N) is 2. The quantitative estimate of drug-likeness (QED) is 0.136. The Morgan fingerprint density at radius 3 is 2.73 bits per heavy atom. The Balaban J connectivity index is 1.27. The van der Waals surface area contributed by atoms with Gasteiger partial charge < -0.3 is 26.8 Å². The molecule has 0 spiro atoms. The van der Waals surface area contributed by atoms with Crippen LogP contribution in [0.2, 0.25) is 0 Å². The third kappa shape index (κ3) is 6.18. The van der Waals surface area contributed by atoms with E-state index >= 15 is 0 Å². The first-order chi connectivity index (χ1) is 21.0. The third-order valence-electron chi connectivity index (χ3n) is 7.21. The summed E-state index contributed by atoms with van der Waals surface area (Å²) in [5.41, 5.74) is 12.1. The molecule has 232 valence electrons. The Morgan fingerprint density at radius 2 is 2.00 bits per heavy atom. The summed E-state index contributed by atoms with van der Waals surface area (Å²) in [6, 6.07) is 4.62. The summed E-state index contributed by atoms with van der Waals surface area (Å²) < 4.78 is 46.9. The van der Waals surface area contributed by atoms with Crippen LogP contribution < -0.4 is 22.1 Å². The number of primary amides is 1. The van der Waals surface area contributed by atoms with E-state index in [2.05, 4.69) is 25.7 Å². The summed E-state index contributed by atoms with van der Waals surface area (Å²) in [6.07, 6.45) is 0.958. The van der Waals surface area contributed by atoms with Crippen molar-refractivity contribution in [1.29, 1.82) is 0 Å². The normalized spacial score (nSPS) is 17.1. The van der Waals surface area contributed by atoms with Crippen LogP contribution in [0.1, 0.15) is 35.0 Å². The van der Waals surface area contributed by atoms with Crippen LogP contribution >= 0.6 is 0 Å². The molecule has 0 radical (unpaired) electrons. The topological polar surface area (TPSA) is 199 Å². The van der Waals surface area contributed by atoms with Crippen molar-refractivity contribution in [3.05, 3.63) is 59.8 Å². The van der Waals surface area contributed by atoms with Gasteiger partial charge in [0.25, 0.3) is 5.91 Å². The lowest BCUT2D eigenvalue weighted by Crippen LogP contribution is -2.47. The number of hydrogen-bond donors (Lipinski definition) is 5.